The second kappa shape index (κ2) is 7.14. The zero-order valence-electron chi connectivity index (χ0n) is 15.7. The molecular formula is C20H21N3O2SSi. The van der Waals surface area contributed by atoms with Crippen molar-refractivity contribution in [2.24, 2.45) is 0 Å². The van der Waals surface area contributed by atoms with Gasteiger partial charge in [-0.25, -0.2) is 18.4 Å². The van der Waals surface area contributed by atoms with Gasteiger partial charge in [0, 0.05) is 35.1 Å². The molecule has 27 heavy (non-hydrogen) atoms. The first-order chi connectivity index (χ1) is 12.6. The molecule has 1 aromatic carbocycles. The van der Waals surface area contributed by atoms with E-state index in [1.807, 2.05) is 12.1 Å². The van der Waals surface area contributed by atoms with E-state index in [1.54, 1.807) is 36.7 Å². The maximum absolute atomic E-state index is 11.6. The van der Waals surface area contributed by atoms with Crippen LogP contribution >= 0.6 is 0 Å². The summed E-state index contributed by atoms with van der Waals surface area (Å²) in [7, 11) is -4.71. The molecule has 0 saturated carbocycles. The molecule has 3 aromatic rings. The highest BCUT2D eigenvalue weighted by molar-refractivity contribution is 7.90. The summed E-state index contributed by atoms with van der Waals surface area (Å²) in [4.78, 5) is 9.13. The Morgan fingerprint density at radius 3 is 2.37 bits per heavy atom. The monoisotopic (exact) mass is 395 g/mol. The van der Waals surface area contributed by atoms with Crippen molar-refractivity contribution in [1.29, 1.82) is 0 Å². The van der Waals surface area contributed by atoms with Gasteiger partial charge in [-0.1, -0.05) is 25.6 Å². The minimum atomic E-state index is -3.21. The highest BCUT2D eigenvalue weighted by atomic mass is 32.2. The number of anilines is 2. The fourth-order valence-electron chi connectivity index (χ4n) is 2.41. The van der Waals surface area contributed by atoms with Crippen LogP contribution in [0.1, 0.15) is 5.69 Å². The fourth-order valence-corrected chi connectivity index (χ4v) is 3.54. The molecule has 0 amide bonds. The number of pyridine rings is 2. The summed E-state index contributed by atoms with van der Waals surface area (Å²) in [5.74, 6) is 3.87. The molecule has 138 valence electrons. The van der Waals surface area contributed by atoms with Crippen LogP contribution in [-0.2, 0) is 9.84 Å². The van der Waals surface area contributed by atoms with Crippen molar-refractivity contribution >= 4 is 40.2 Å². The minimum Gasteiger partial charge on any atom is -0.340 e. The van der Waals surface area contributed by atoms with E-state index >= 15 is 0 Å². The summed E-state index contributed by atoms with van der Waals surface area (Å²) in [6.07, 6.45) is 4.72. The van der Waals surface area contributed by atoms with E-state index in [-0.39, 0.29) is 4.90 Å². The van der Waals surface area contributed by atoms with Crippen LogP contribution in [0.25, 0.3) is 10.8 Å². The Morgan fingerprint density at radius 2 is 1.74 bits per heavy atom. The zero-order valence-corrected chi connectivity index (χ0v) is 17.6. The lowest BCUT2D eigenvalue weighted by Gasteiger charge is -2.08. The summed E-state index contributed by atoms with van der Waals surface area (Å²) in [6, 6.07) is 10.4. The van der Waals surface area contributed by atoms with Crippen LogP contribution in [0.3, 0.4) is 0 Å². The van der Waals surface area contributed by atoms with Gasteiger partial charge in [0.05, 0.1) is 4.90 Å². The van der Waals surface area contributed by atoms with Gasteiger partial charge >= 0.3 is 0 Å². The molecule has 0 aliphatic rings. The van der Waals surface area contributed by atoms with Crippen molar-refractivity contribution in [3.8, 4) is 11.5 Å². The van der Waals surface area contributed by atoms with Gasteiger partial charge in [0.15, 0.2) is 9.84 Å². The number of hydrogen-bond donors (Lipinski definition) is 1. The molecule has 0 spiro atoms. The predicted molar refractivity (Wildman–Crippen MR) is 113 cm³/mol. The standard InChI is InChI=1S/C20H21N3O2SSi/c1-26(24,25)17-7-5-16(6-8-17)23-20-13-18-15(14-22-20)9-11-21-19(18)10-12-27(2,3)4/h5-9,11,13-14H,1-4H3,(H,22,23). The number of rotatable bonds is 3. The first-order valence-electron chi connectivity index (χ1n) is 8.47. The Labute approximate surface area is 160 Å². The lowest BCUT2D eigenvalue weighted by Crippen LogP contribution is -2.16. The summed E-state index contributed by atoms with van der Waals surface area (Å²) in [5, 5.41) is 5.11. The number of nitrogens with one attached hydrogen (secondary N) is 1. The number of nitrogens with zero attached hydrogens (tertiary/aromatic N) is 2. The summed E-state index contributed by atoms with van der Waals surface area (Å²) in [5.41, 5.74) is 4.85. The van der Waals surface area contributed by atoms with E-state index in [0.29, 0.717) is 5.82 Å². The smallest absolute Gasteiger partial charge is 0.175 e. The summed E-state index contributed by atoms with van der Waals surface area (Å²) < 4.78 is 23.1. The molecule has 2 aromatic heterocycles. The first kappa shape index (κ1) is 19.1. The van der Waals surface area contributed by atoms with Crippen molar-refractivity contribution in [1.82, 2.24) is 9.97 Å². The molecule has 0 fully saturated rings. The van der Waals surface area contributed by atoms with E-state index in [1.165, 1.54) is 6.26 Å². The number of sulfone groups is 1. The Kier molecular flexibility index (Phi) is 5.04. The van der Waals surface area contributed by atoms with E-state index in [2.05, 4.69) is 46.4 Å². The van der Waals surface area contributed by atoms with Crippen LogP contribution in [0.4, 0.5) is 11.5 Å². The third-order valence-electron chi connectivity index (χ3n) is 3.76. The van der Waals surface area contributed by atoms with Crippen LogP contribution in [0, 0.1) is 11.5 Å². The van der Waals surface area contributed by atoms with E-state index in [4.69, 9.17) is 0 Å². The molecule has 1 N–H and O–H groups in total. The molecule has 0 aliphatic heterocycles. The van der Waals surface area contributed by atoms with Crippen molar-refractivity contribution in [2.45, 2.75) is 24.5 Å². The summed E-state index contributed by atoms with van der Waals surface area (Å²) in [6.45, 7) is 6.58. The topological polar surface area (TPSA) is 72.0 Å². The highest BCUT2D eigenvalue weighted by Crippen LogP contribution is 2.22. The predicted octanol–water partition coefficient (Wildman–Crippen LogP) is 4.01. The van der Waals surface area contributed by atoms with Gasteiger partial charge in [-0.2, -0.15) is 0 Å². The lowest BCUT2D eigenvalue weighted by atomic mass is 10.1. The second-order valence-electron chi connectivity index (χ2n) is 7.37. The average Bonchev–Trinajstić information content (AvgIpc) is 2.59. The van der Waals surface area contributed by atoms with Crippen LogP contribution in [-0.4, -0.2) is 32.7 Å². The summed E-state index contributed by atoms with van der Waals surface area (Å²) >= 11 is 0. The molecule has 3 rings (SSSR count). The maximum atomic E-state index is 11.6. The van der Waals surface area contributed by atoms with Gasteiger partial charge in [-0.15, -0.1) is 5.54 Å². The van der Waals surface area contributed by atoms with Crippen LogP contribution in [0.5, 0.6) is 0 Å². The molecule has 7 heteroatoms. The van der Waals surface area contributed by atoms with Crippen LogP contribution in [0.2, 0.25) is 19.6 Å². The number of hydrogen-bond acceptors (Lipinski definition) is 5. The SMILES string of the molecule is C[Si](C)(C)C#Cc1nccc2cnc(Nc3ccc(S(C)(=O)=O)cc3)cc12. The number of fused-ring (bicyclic) bond motifs is 1. The molecule has 0 radical (unpaired) electrons. The molecule has 0 saturated heterocycles. The number of benzene rings is 1. The average molecular weight is 396 g/mol. The minimum absolute atomic E-state index is 0.285. The van der Waals surface area contributed by atoms with E-state index in [0.717, 1.165) is 22.2 Å². The van der Waals surface area contributed by atoms with Gasteiger partial charge < -0.3 is 5.32 Å². The van der Waals surface area contributed by atoms with E-state index < -0.39 is 17.9 Å². The Hall–Kier alpha value is -2.69. The zero-order chi connectivity index (χ0) is 19.7. The molecule has 2 heterocycles. The third-order valence-corrected chi connectivity index (χ3v) is 5.76. The van der Waals surface area contributed by atoms with Crippen molar-refractivity contribution in [2.75, 3.05) is 11.6 Å². The molecule has 5 nitrogen and oxygen atoms in total. The van der Waals surface area contributed by atoms with Gasteiger partial charge in [0.2, 0.25) is 0 Å². The van der Waals surface area contributed by atoms with Crippen molar-refractivity contribution < 1.29 is 8.42 Å². The first-order valence-corrected chi connectivity index (χ1v) is 13.9. The molecule has 0 unspecified atom stereocenters. The third kappa shape index (κ3) is 4.93. The quantitative estimate of drug-likeness (QED) is 0.536. The Bertz CT molecular complexity index is 1160. The Balaban J connectivity index is 1.95. The molecule has 0 aliphatic carbocycles. The van der Waals surface area contributed by atoms with Crippen LogP contribution in [0.15, 0.2) is 53.7 Å². The van der Waals surface area contributed by atoms with Gasteiger partial charge in [-0.05, 0) is 36.4 Å². The largest absolute Gasteiger partial charge is 0.340 e. The lowest BCUT2D eigenvalue weighted by molar-refractivity contribution is 0.602. The van der Waals surface area contributed by atoms with E-state index in [9.17, 15) is 8.42 Å². The van der Waals surface area contributed by atoms with Gasteiger partial charge in [-0.3, -0.25) is 0 Å². The number of aromatic nitrogens is 2. The van der Waals surface area contributed by atoms with Crippen LogP contribution < -0.4 is 5.32 Å². The Morgan fingerprint density at radius 1 is 1.04 bits per heavy atom. The fraction of sp³-hybridized carbons (Fsp3) is 0.200. The second-order valence-corrected chi connectivity index (χ2v) is 14.1. The highest BCUT2D eigenvalue weighted by Gasteiger charge is 2.10. The normalized spacial score (nSPS) is 11.7. The van der Waals surface area contributed by atoms with Gasteiger partial charge in [0.25, 0.3) is 0 Å². The van der Waals surface area contributed by atoms with Crippen molar-refractivity contribution in [3.05, 3.63) is 54.5 Å². The molecule has 0 atom stereocenters. The van der Waals surface area contributed by atoms with Gasteiger partial charge in [0.1, 0.15) is 19.6 Å². The maximum Gasteiger partial charge on any atom is 0.175 e. The van der Waals surface area contributed by atoms with Crippen molar-refractivity contribution in [3.63, 3.8) is 0 Å². The molecular weight excluding hydrogens is 374 g/mol. The molecule has 0 bridgehead atoms.